The zero-order valence-corrected chi connectivity index (χ0v) is 13.4. The second-order valence-electron chi connectivity index (χ2n) is 5.01. The van der Waals surface area contributed by atoms with Gasteiger partial charge in [-0.1, -0.05) is 12.1 Å². The van der Waals surface area contributed by atoms with Crippen molar-refractivity contribution in [2.24, 2.45) is 0 Å². The molecule has 25 heavy (non-hydrogen) atoms. The molecule has 1 aromatic heterocycles. The molecule has 8 heteroatoms. The molecule has 0 fully saturated rings. The van der Waals surface area contributed by atoms with Gasteiger partial charge in [-0.3, -0.25) is 19.2 Å². The fourth-order valence-electron chi connectivity index (χ4n) is 1.86. The third-order valence-corrected chi connectivity index (χ3v) is 3.06. The number of nitrogens with one attached hydrogen (secondary N) is 2. The predicted molar refractivity (Wildman–Crippen MR) is 87.1 cm³/mol. The van der Waals surface area contributed by atoms with Gasteiger partial charge in [0, 0.05) is 11.3 Å². The first-order chi connectivity index (χ1) is 12.0. The van der Waals surface area contributed by atoms with Gasteiger partial charge in [-0.15, -0.1) is 0 Å². The quantitative estimate of drug-likeness (QED) is 0.579. The van der Waals surface area contributed by atoms with Crippen molar-refractivity contribution in [2.75, 3.05) is 18.5 Å². The zero-order valence-electron chi connectivity index (χ0n) is 13.4. The molecule has 0 aliphatic carbocycles. The Hall–Kier alpha value is -3.42. The van der Waals surface area contributed by atoms with Crippen molar-refractivity contribution in [3.63, 3.8) is 0 Å². The van der Waals surface area contributed by atoms with E-state index in [2.05, 4.69) is 10.6 Å². The van der Waals surface area contributed by atoms with Crippen LogP contribution in [0.15, 0.2) is 47.1 Å². The lowest BCUT2D eigenvalue weighted by Crippen LogP contribution is -2.32. The summed E-state index contributed by atoms with van der Waals surface area (Å²) in [7, 11) is 0. The summed E-state index contributed by atoms with van der Waals surface area (Å²) in [4.78, 5) is 46.1. The maximum atomic E-state index is 11.7. The molecule has 2 aromatic rings. The Bertz CT molecular complexity index is 782. The Morgan fingerprint density at radius 3 is 2.60 bits per heavy atom. The Kier molecular flexibility index (Phi) is 6.05. The zero-order chi connectivity index (χ0) is 18.2. The van der Waals surface area contributed by atoms with Crippen molar-refractivity contribution in [3.8, 4) is 0 Å². The number of ketones is 1. The Morgan fingerprint density at radius 2 is 1.92 bits per heavy atom. The fraction of sp³-hybridized carbons (Fsp3) is 0.176. The highest BCUT2D eigenvalue weighted by Gasteiger charge is 2.12. The van der Waals surface area contributed by atoms with E-state index in [0.29, 0.717) is 11.3 Å². The Morgan fingerprint density at radius 1 is 1.12 bits per heavy atom. The van der Waals surface area contributed by atoms with Crippen LogP contribution in [-0.4, -0.2) is 36.7 Å². The van der Waals surface area contributed by atoms with Crippen molar-refractivity contribution in [1.82, 2.24) is 5.32 Å². The average Bonchev–Trinajstić information content (AvgIpc) is 3.12. The normalized spacial score (nSPS) is 9.96. The SMILES string of the molecule is CC(=O)c1cccc(NC(=O)COC(=O)CNC(=O)c2ccco2)c1. The molecule has 0 radical (unpaired) electrons. The first-order valence-electron chi connectivity index (χ1n) is 7.34. The number of furan rings is 1. The topological polar surface area (TPSA) is 115 Å². The summed E-state index contributed by atoms with van der Waals surface area (Å²) in [6.07, 6.45) is 1.33. The van der Waals surface area contributed by atoms with Gasteiger partial charge in [0.05, 0.1) is 6.26 Å². The smallest absolute Gasteiger partial charge is 0.325 e. The van der Waals surface area contributed by atoms with E-state index in [1.165, 1.54) is 25.3 Å². The van der Waals surface area contributed by atoms with E-state index in [0.717, 1.165) is 0 Å². The number of Topliss-reactive ketones (excluding diaryl/α,β-unsaturated/α-hetero) is 1. The van der Waals surface area contributed by atoms with Gasteiger partial charge in [0.1, 0.15) is 6.54 Å². The number of hydrogen-bond donors (Lipinski definition) is 2. The summed E-state index contributed by atoms with van der Waals surface area (Å²) in [5.41, 5.74) is 0.871. The average molecular weight is 344 g/mol. The lowest BCUT2D eigenvalue weighted by atomic mass is 10.1. The van der Waals surface area contributed by atoms with Gasteiger partial charge in [-0.25, -0.2) is 0 Å². The molecular weight excluding hydrogens is 328 g/mol. The molecule has 2 rings (SSSR count). The van der Waals surface area contributed by atoms with E-state index in [-0.39, 0.29) is 11.5 Å². The first-order valence-corrected chi connectivity index (χ1v) is 7.34. The largest absolute Gasteiger partial charge is 0.459 e. The number of ether oxygens (including phenoxy) is 1. The number of hydrogen-bond acceptors (Lipinski definition) is 6. The van der Waals surface area contributed by atoms with E-state index in [9.17, 15) is 19.2 Å². The second-order valence-corrected chi connectivity index (χ2v) is 5.01. The third-order valence-electron chi connectivity index (χ3n) is 3.06. The van der Waals surface area contributed by atoms with Gasteiger partial charge in [0.2, 0.25) is 0 Å². The lowest BCUT2D eigenvalue weighted by Gasteiger charge is -2.08. The molecule has 130 valence electrons. The first kappa shape index (κ1) is 17.9. The molecule has 2 N–H and O–H groups in total. The third kappa shape index (κ3) is 5.61. The van der Waals surface area contributed by atoms with Gasteiger partial charge in [-0.05, 0) is 31.2 Å². The number of esters is 1. The molecule has 0 aliphatic heterocycles. The Balaban J connectivity index is 1.74. The standard InChI is InChI=1S/C17H16N2O6/c1-11(20)12-4-2-5-13(8-12)19-15(21)10-25-16(22)9-18-17(23)14-6-3-7-24-14/h2-8H,9-10H2,1H3,(H,18,23)(H,19,21). The number of amides is 2. The van der Waals surface area contributed by atoms with Crippen molar-refractivity contribution in [1.29, 1.82) is 0 Å². The van der Waals surface area contributed by atoms with E-state index in [1.54, 1.807) is 24.3 Å². The number of anilines is 1. The highest BCUT2D eigenvalue weighted by molar-refractivity contribution is 5.98. The summed E-state index contributed by atoms with van der Waals surface area (Å²) in [6.45, 7) is 0.506. The molecule has 0 spiro atoms. The number of carbonyl (C=O) groups is 4. The summed E-state index contributed by atoms with van der Waals surface area (Å²) < 4.78 is 9.62. The Labute approximate surface area is 143 Å². The number of benzene rings is 1. The maximum absolute atomic E-state index is 11.7. The van der Waals surface area contributed by atoms with Crippen molar-refractivity contribution >= 4 is 29.3 Å². The van der Waals surface area contributed by atoms with Crippen LogP contribution in [0.1, 0.15) is 27.8 Å². The van der Waals surface area contributed by atoms with Crippen LogP contribution >= 0.6 is 0 Å². The monoisotopic (exact) mass is 344 g/mol. The molecule has 0 bridgehead atoms. The van der Waals surface area contributed by atoms with E-state index < -0.39 is 30.9 Å². The van der Waals surface area contributed by atoms with Crippen LogP contribution in [0.25, 0.3) is 0 Å². The summed E-state index contributed by atoms with van der Waals surface area (Å²) in [6, 6.07) is 9.37. The molecule has 2 amide bonds. The van der Waals surface area contributed by atoms with Crippen LogP contribution in [0.3, 0.4) is 0 Å². The van der Waals surface area contributed by atoms with Crippen LogP contribution in [0.2, 0.25) is 0 Å². The lowest BCUT2D eigenvalue weighted by molar-refractivity contribution is -0.146. The maximum Gasteiger partial charge on any atom is 0.325 e. The van der Waals surface area contributed by atoms with Gasteiger partial charge in [-0.2, -0.15) is 0 Å². The summed E-state index contributed by atoms with van der Waals surface area (Å²) in [5.74, 6) is -1.96. The molecule has 8 nitrogen and oxygen atoms in total. The van der Waals surface area contributed by atoms with Gasteiger partial charge >= 0.3 is 5.97 Å². The van der Waals surface area contributed by atoms with Crippen molar-refractivity contribution in [3.05, 3.63) is 54.0 Å². The molecule has 0 atom stereocenters. The van der Waals surface area contributed by atoms with E-state index >= 15 is 0 Å². The molecule has 0 saturated heterocycles. The molecule has 0 saturated carbocycles. The minimum Gasteiger partial charge on any atom is -0.459 e. The molecule has 0 aliphatic rings. The summed E-state index contributed by atoms with van der Waals surface area (Å²) in [5, 5.41) is 4.81. The summed E-state index contributed by atoms with van der Waals surface area (Å²) >= 11 is 0. The molecule has 1 aromatic carbocycles. The highest BCUT2D eigenvalue weighted by Crippen LogP contribution is 2.11. The van der Waals surface area contributed by atoms with Crippen LogP contribution in [0.4, 0.5) is 5.69 Å². The second kappa shape index (κ2) is 8.44. The predicted octanol–water partition coefficient (Wildman–Crippen LogP) is 1.39. The van der Waals surface area contributed by atoms with Crippen LogP contribution in [0.5, 0.6) is 0 Å². The minimum absolute atomic E-state index is 0.0656. The van der Waals surface area contributed by atoms with Gasteiger partial charge < -0.3 is 19.8 Å². The molecule has 0 unspecified atom stereocenters. The molecular formula is C17H16N2O6. The highest BCUT2D eigenvalue weighted by atomic mass is 16.5. The van der Waals surface area contributed by atoms with Crippen LogP contribution < -0.4 is 10.6 Å². The van der Waals surface area contributed by atoms with Crippen LogP contribution in [0, 0.1) is 0 Å². The molecule has 1 heterocycles. The fourth-order valence-corrected chi connectivity index (χ4v) is 1.86. The van der Waals surface area contributed by atoms with Gasteiger partial charge in [0.25, 0.3) is 11.8 Å². The van der Waals surface area contributed by atoms with Gasteiger partial charge in [0.15, 0.2) is 18.2 Å². The van der Waals surface area contributed by atoms with Crippen LogP contribution in [-0.2, 0) is 14.3 Å². The van der Waals surface area contributed by atoms with Crippen molar-refractivity contribution < 1.29 is 28.3 Å². The number of rotatable bonds is 7. The number of carbonyl (C=O) groups excluding carboxylic acids is 4. The minimum atomic E-state index is -0.771. The van der Waals surface area contributed by atoms with Crippen molar-refractivity contribution in [2.45, 2.75) is 6.92 Å². The van der Waals surface area contributed by atoms with E-state index in [4.69, 9.17) is 9.15 Å². The van der Waals surface area contributed by atoms with E-state index in [1.807, 2.05) is 0 Å².